The summed E-state index contributed by atoms with van der Waals surface area (Å²) in [6.45, 7) is 0. The smallest absolute Gasteiger partial charge is 0.322 e. The molecule has 2 aromatic rings. The van der Waals surface area contributed by atoms with Gasteiger partial charge in [-0.3, -0.25) is 5.32 Å². The number of nitrogens with one attached hydrogen (secondary N) is 1. The van der Waals surface area contributed by atoms with Crippen LogP contribution in [0, 0.1) is 11.6 Å². The van der Waals surface area contributed by atoms with Gasteiger partial charge in [-0.05, 0) is 37.1 Å². The standard InChI is InChI=1S/C16H15F2N3O2/c1-21(10-2-3-10)16(22)20-15-7-5-12(9-19-15)23-11-4-6-13(17)14(18)8-11/h4-10H,2-3H2,1H3,(H,19,20,22). The maximum Gasteiger partial charge on any atom is 0.322 e. The quantitative estimate of drug-likeness (QED) is 0.933. The lowest BCUT2D eigenvalue weighted by molar-refractivity contribution is 0.220. The van der Waals surface area contributed by atoms with Crippen molar-refractivity contribution in [3.8, 4) is 11.5 Å². The van der Waals surface area contributed by atoms with E-state index in [1.54, 1.807) is 24.1 Å². The predicted molar refractivity (Wildman–Crippen MR) is 80.5 cm³/mol. The number of ether oxygens (including phenoxy) is 1. The number of carbonyl (C=O) groups is 1. The molecule has 1 N–H and O–H groups in total. The van der Waals surface area contributed by atoms with Crippen molar-refractivity contribution in [2.75, 3.05) is 12.4 Å². The minimum absolute atomic E-state index is 0.163. The molecule has 7 heteroatoms. The predicted octanol–water partition coefficient (Wildman–Crippen LogP) is 3.78. The third-order valence-corrected chi connectivity index (χ3v) is 3.51. The van der Waals surface area contributed by atoms with Crippen LogP contribution in [-0.2, 0) is 0 Å². The van der Waals surface area contributed by atoms with Crippen LogP contribution in [-0.4, -0.2) is 29.0 Å². The Morgan fingerprint density at radius 2 is 1.96 bits per heavy atom. The largest absolute Gasteiger partial charge is 0.456 e. The second-order valence-corrected chi connectivity index (χ2v) is 5.33. The number of benzene rings is 1. The van der Waals surface area contributed by atoms with E-state index in [0.717, 1.165) is 25.0 Å². The lowest BCUT2D eigenvalue weighted by Crippen LogP contribution is -2.33. The van der Waals surface area contributed by atoms with Crippen LogP contribution in [0.4, 0.5) is 19.4 Å². The summed E-state index contributed by atoms with van der Waals surface area (Å²) in [5.74, 6) is -1.02. The second kappa shape index (κ2) is 6.20. The molecule has 0 aliphatic heterocycles. The first-order valence-corrected chi connectivity index (χ1v) is 7.16. The summed E-state index contributed by atoms with van der Waals surface area (Å²) in [6, 6.07) is 6.52. The zero-order valence-corrected chi connectivity index (χ0v) is 12.4. The van der Waals surface area contributed by atoms with Crippen molar-refractivity contribution >= 4 is 11.8 Å². The molecule has 0 unspecified atom stereocenters. The normalized spacial score (nSPS) is 13.5. The van der Waals surface area contributed by atoms with E-state index in [1.807, 2.05) is 0 Å². The topological polar surface area (TPSA) is 54.5 Å². The van der Waals surface area contributed by atoms with Crippen LogP contribution >= 0.6 is 0 Å². The Morgan fingerprint density at radius 3 is 2.57 bits per heavy atom. The van der Waals surface area contributed by atoms with Crippen LogP contribution < -0.4 is 10.1 Å². The van der Waals surface area contributed by atoms with E-state index < -0.39 is 11.6 Å². The number of pyridine rings is 1. The molecule has 0 radical (unpaired) electrons. The van der Waals surface area contributed by atoms with Gasteiger partial charge in [0.05, 0.1) is 6.20 Å². The number of nitrogens with zero attached hydrogens (tertiary/aromatic N) is 2. The van der Waals surface area contributed by atoms with E-state index in [9.17, 15) is 13.6 Å². The highest BCUT2D eigenvalue weighted by Crippen LogP contribution is 2.26. The van der Waals surface area contributed by atoms with E-state index >= 15 is 0 Å². The number of carbonyl (C=O) groups excluding carboxylic acids is 1. The summed E-state index contributed by atoms with van der Waals surface area (Å²) in [4.78, 5) is 17.6. The monoisotopic (exact) mass is 319 g/mol. The van der Waals surface area contributed by atoms with Gasteiger partial charge < -0.3 is 9.64 Å². The Hall–Kier alpha value is -2.70. The highest BCUT2D eigenvalue weighted by atomic mass is 19.2. The number of aromatic nitrogens is 1. The molecule has 1 aliphatic carbocycles. The average molecular weight is 319 g/mol. The maximum absolute atomic E-state index is 13.1. The first kappa shape index (κ1) is 15.2. The van der Waals surface area contributed by atoms with Crippen molar-refractivity contribution in [3.63, 3.8) is 0 Å². The molecule has 0 atom stereocenters. The van der Waals surface area contributed by atoms with E-state index in [1.165, 1.54) is 12.3 Å². The van der Waals surface area contributed by atoms with Crippen molar-refractivity contribution < 1.29 is 18.3 Å². The van der Waals surface area contributed by atoms with Gasteiger partial charge in [0.15, 0.2) is 11.6 Å². The summed E-state index contributed by atoms with van der Waals surface area (Å²) in [6.07, 6.45) is 3.45. The van der Waals surface area contributed by atoms with Gasteiger partial charge in [0.25, 0.3) is 0 Å². The SMILES string of the molecule is CN(C(=O)Nc1ccc(Oc2ccc(F)c(F)c2)cn1)C1CC1. The molecule has 1 aromatic heterocycles. The Kier molecular flexibility index (Phi) is 4.10. The molecule has 1 aromatic carbocycles. The molecule has 1 heterocycles. The molecule has 0 spiro atoms. The number of rotatable bonds is 4. The molecule has 0 saturated heterocycles. The van der Waals surface area contributed by atoms with Crippen LogP contribution in [0.3, 0.4) is 0 Å². The zero-order chi connectivity index (χ0) is 16.4. The number of urea groups is 1. The van der Waals surface area contributed by atoms with E-state index in [0.29, 0.717) is 17.6 Å². The Labute approximate surface area is 131 Å². The van der Waals surface area contributed by atoms with Crippen molar-refractivity contribution in [3.05, 3.63) is 48.2 Å². The molecule has 1 saturated carbocycles. The maximum atomic E-state index is 13.1. The zero-order valence-electron chi connectivity index (χ0n) is 12.4. The molecule has 1 fully saturated rings. The number of hydrogen-bond donors (Lipinski definition) is 1. The van der Waals surface area contributed by atoms with E-state index in [4.69, 9.17) is 4.74 Å². The van der Waals surface area contributed by atoms with Crippen LogP contribution in [0.1, 0.15) is 12.8 Å². The lowest BCUT2D eigenvalue weighted by atomic mass is 10.3. The summed E-state index contributed by atoms with van der Waals surface area (Å²) < 4.78 is 31.3. The van der Waals surface area contributed by atoms with Gasteiger partial charge in [0.1, 0.15) is 17.3 Å². The van der Waals surface area contributed by atoms with Crippen molar-refractivity contribution in [1.29, 1.82) is 0 Å². The molecule has 2 amide bonds. The summed E-state index contributed by atoms with van der Waals surface area (Å²) in [7, 11) is 1.74. The highest BCUT2D eigenvalue weighted by molar-refractivity contribution is 5.88. The molecule has 3 rings (SSSR count). The minimum Gasteiger partial charge on any atom is -0.456 e. The lowest BCUT2D eigenvalue weighted by Gasteiger charge is -2.16. The van der Waals surface area contributed by atoms with Crippen LogP contribution in [0.5, 0.6) is 11.5 Å². The van der Waals surface area contributed by atoms with Crippen molar-refractivity contribution in [2.24, 2.45) is 0 Å². The number of hydrogen-bond acceptors (Lipinski definition) is 3. The average Bonchev–Trinajstić information content (AvgIpc) is 3.37. The van der Waals surface area contributed by atoms with Crippen molar-refractivity contribution in [2.45, 2.75) is 18.9 Å². The third kappa shape index (κ3) is 3.74. The number of anilines is 1. The second-order valence-electron chi connectivity index (χ2n) is 5.33. The van der Waals surface area contributed by atoms with Crippen LogP contribution in [0.15, 0.2) is 36.5 Å². The summed E-state index contributed by atoms with van der Waals surface area (Å²) >= 11 is 0. The van der Waals surface area contributed by atoms with E-state index in [-0.39, 0.29) is 11.8 Å². The van der Waals surface area contributed by atoms with Crippen molar-refractivity contribution in [1.82, 2.24) is 9.88 Å². The number of halogens is 2. The molecular formula is C16H15F2N3O2. The summed E-state index contributed by atoms with van der Waals surface area (Å²) in [5.41, 5.74) is 0. The first-order valence-electron chi connectivity index (χ1n) is 7.16. The molecular weight excluding hydrogens is 304 g/mol. The minimum atomic E-state index is -0.984. The van der Waals surface area contributed by atoms with Crippen LogP contribution in [0.2, 0.25) is 0 Å². The molecule has 120 valence electrons. The van der Waals surface area contributed by atoms with Gasteiger partial charge in [0.2, 0.25) is 0 Å². The van der Waals surface area contributed by atoms with Gasteiger partial charge in [-0.2, -0.15) is 0 Å². The fourth-order valence-corrected chi connectivity index (χ4v) is 2.02. The Morgan fingerprint density at radius 1 is 1.22 bits per heavy atom. The molecule has 1 aliphatic rings. The van der Waals surface area contributed by atoms with E-state index in [2.05, 4.69) is 10.3 Å². The molecule has 23 heavy (non-hydrogen) atoms. The Balaban J connectivity index is 1.62. The fourth-order valence-electron chi connectivity index (χ4n) is 2.02. The van der Waals surface area contributed by atoms with Gasteiger partial charge in [-0.25, -0.2) is 18.6 Å². The van der Waals surface area contributed by atoms with Gasteiger partial charge in [-0.15, -0.1) is 0 Å². The molecule has 5 nitrogen and oxygen atoms in total. The van der Waals surface area contributed by atoms with Gasteiger partial charge in [0, 0.05) is 19.2 Å². The number of amides is 2. The first-order chi connectivity index (χ1) is 11.0. The summed E-state index contributed by atoms with van der Waals surface area (Å²) in [5, 5.41) is 2.68. The molecule has 0 bridgehead atoms. The fraction of sp³-hybridized carbons (Fsp3) is 0.250. The highest BCUT2D eigenvalue weighted by Gasteiger charge is 2.29. The van der Waals surface area contributed by atoms with Gasteiger partial charge in [-0.1, -0.05) is 0 Å². The van der Waals surface area contributed by atoms with Crippen LogP contribution in [0.25, 0.3) is 0 Å². The van der Waals surface area contributed by atoms with Gasteiger partial charge >= 0.3 is 6.03 Å². The third-order valence-electron chi connectivity index (χ3n) is 3.51. The Bertz CT molecular complexity index is 718.